The maximum atomic E-state index is 5.78. The zero-order valence-corrected chi connectivity index (χ0v) is 17.8. The summed E-state index contributed by atoms with van der Waals surface area (Å²) < 4.78 is 17.3. The Kier molecular flexibility index (Phi) is 7.50. The van der Waals surface area contributed by atoms with Gasteiger partial charge in [0.15, 0.2) is 0 Å². The highest BCUT2D eigenvalue weighted by atomic mass is 35.5. The van der Waals surface area contributed by atoms with Crippen molar-refractivity contribution in [2.24, 2.45) is 0 Å². The number of halogens is 1. The van der Waals surface area contributed by atoms with E-state index in [-0.39, 0.29) is 0 Å². The van der Waals surface area contributed by atoms with Crippen LogP contribution in [0, 0.1) is 0 Å². The SMILES string of the molecule is ClCCOc1cc2cc(c1)Nc1nccc(n1)-c1cccc(c1)COC/C=C/COC2. The minimum absolute atomic E-state index is 0.417. The van der Waals surface area contributed by atoms with Crippen LogP contribution in [-0.4, -0.2) is 35.7 Å². The molecular formula is C24H24ClN3O3. The number of alkyl halides is 1. The summed E-state index contributed by atoms with van der Waals surface area (Å²) in [4.78, 5) is 9.06. The van der Waals surface area contributed by atoms with Gasteiger partial charge in [0, 0.05) is 23.5 Å². The quantitative estimate of drug-likeness (QED) is 0.454. The van der Waals surface area contributed by atoms with Crippen molar-refractivity contribution < 1.29 is 14.2 Å². The van der Waals surface area contributed by atoms with Gasteiger partial charge in [0.1, 0.15) is 12.4 Å². The Morgan fingerprint density at radius 2 is 1.81 bits per heavy atom. The molecule has 1 aliphatic rings. The lowest BCUT2D eigenvalue weighted by Gasteiger charge is -2.13. The van der Waals surface area contributed by atoms with Gasteiger partial charge in [0.25, 0.3) is 0 Å². The van der Waals surface area contributed by atoms with E-state index >= 15 is 0 Å². The lowest BCUT2D eigenvalue weighted by atomic mass is 10.1. The van der Waals surface area contributed by atoms with E-state index in [1.165, 1.54) is 0 Å². The van der Waals surface area contributed by atoms with E-state index in [9.17, 15) is 0 Å². The number of nitrogens with one attached hydrogen (secondary N) is 1. The van der Waals surface area contributed by atoms with E-state index < -0.39 is 0 Å². The molecule has 6 bridgehead atoms. The second-order valence-corrected chi connectivity index (χ2v) is 7.37. The minimum Gasteiger partial charge on any atom is -0.492 e. The number of benzene rings is 2. The maximum Gasteiger partial charge on any atom is 0.227 e. The first-order valence-corrected chi connectivity index (χ1v) is 10.7. The Hall–Kier alpha value is -2.93. The number of ether oxygens (including phenoxy) is 3. The Bertz CT molecular complexity index is 1040. The van der Waals surface area contributed by atoms with Crippen LogP contribution in [0.3, 0.4) is 0 Å². The summed E-state index contributed by atoms with van der Waals surface area (Å²) in [6.07, 6.45) is 5.68. The van der Waals surface area contributed by atoms with Crippen molar-refractivity contribution in [3.8, 4) is 17.0 Å². The predicted octanol–water partition coefficient (Wildman–Crippen LogP) is 5.11. The van der Waals surface area contributed by atoms with Gasteiger partial charge in [-0.2, -0.15) is 0 Å². The van der Waals surface area contributed by atoms with E-state index in [0.717, 1.165) is 28.1 Å². The number of aromatic nitrogens is 2. The number of nitrogens with zero attached hydrogens (tertiary/aromatic N) is 2. The van der Waals surface area contributed by atoms with E-state index in [2.05, 4.69) is 21.4 Å². The van der Waals surface area contributed by atoms with Crippen LogP contribution in [0.4, 0.5) is 11.6 Å². The van der Waals surface area contributed by atoms with E-state index in [4.69, 9.17) is 25.8 Å². The summed E-state index contributed by atoms with van der Waals surface area (Å²) in [5, 5.41) is 3.28. The zero-order valence-electron chi connectivity index (χ0n) is 17.1. The molecule has 0 radical (unpaired) electrons. The molecular weight excluding hydrogens is 414 g/mol. The van der Waals surface area contributed by atoms with E-state index in [1.807, 2.05) is 54.6 Å². The fraction of sp³-hybridized carbons (Fsp3) is 0.250. The average Bonchev–Trinajstić information content (AvgIpc) is 2.79. The van der Waals surface area contributed by atoms with Gasteiger partial charge in [-0.05, 0) is 35.4 Å². The normalized spacial score (nSPS) is 15.3. The highest BCUT2D eigenvalue weighted by molar-refractivity contribution is 6.18. The summed E-state index contributed by atoms with van der Waals surface area (Å²) in [7, 11) is 0. The highest BCUT2D eigenvalue weighted by Crippen LogP contribution is 2.25. The molecule has 0 saturated carbocycles. The van der Waals surface area contributed by atoms with Crippen LogP contribution in [0.5, 0.6) is 5.75 Å². The van der Waals surface area contributed by atoms with Crippen molar-refractivity contribution >= 4 is 23.2 Å². The second kappa shape index (κ2) is 10.9. The van der Waals surface area contributed by atoms with Crippen molar-refractivity contribution in [3.05, 3.63) is 78.0 Å². The van der Waals surface area contributed by atoms with Crippen LogP contribution in [0.2, 0.25) is 0 Å². The van der Waals surface area contributed by atoms with Gasteiger partial charge < -0.3 is 19.5 Å². The Morgan fingerprint density at radius 3 is 2.65 bits per heavy atom. The molecule has 0 atom stereocenters. The molecule has 1 aliphatic heterocycles. The predicted molar refractivity (Wildman–Crippen MR) is 122 cm³/mol. The van der Waals surface area contributed by atoms with Crippen LogP contribution < -0.4 is 10.1 Å². The molecule has 6 nitrogen and oxygen atoms in total. The van der Waals surface area contributed by atoms with Gasteiger partial charge in [-0.3, -0.25) is 0 Å². The second-order valence-electron chi connectivity index (χ2n) is 7.00. The van der Waals surface area contributed by atoms with Gasteiger partial charge in [0.05, 0.1) is 38.0 Å². The number of fused-ring (bicyclic) bond motifs is 7. The lowest BCUT2D eigenvalue weighted by molar-refractivity contribution is 0.140. The Labute approximate surface area is 186 Å². The molecule has 0 saturated heterocycles. The van der Waals surface area contributed by atoms with Crippen LogP contribution in [0.15, 0.2) is 66.9 Å². The maximum absolute atomic E-state index is 5.78. The van der Waals surface area contributed by atoms with Gasteiger partial charge in [0.2, 0.25) is 5.95 Å². The summed E-state index contributed by atoms with van der Waals surface area (Å²) in [5.74, 6) is 1.64. The molecule has 1 aromatic heterocycles. The summed E-state index contributed by atoms with van der Waals surface area (Å²) in [6, 6.07) is 15.9. The Balaban J connectivity index is 1.67. The summed E-state index contributed by atoms with van der Waals surface area (Å²) in [5.41, 5.74) is 4.73. The fourth-order valence-corrected chi connectivity index (χ4v) is 3.29. The molecule has 0 spiro atoms. The topological polar surface area (TPSA) is 65.5 Å². The first kappa shape index (κ1) is 21.3. The third-order valence-corrected chi connectivity index (χ3v) is 4.73. The number of hydrogen-bond donors (Lipinski definition) is 1. The summed E-state index contributed by atoms with van der Waals surface area (Å²) in [6.45, 7) is 2.44. The van der Waals surface area contributed by atoms with Gasteiger partial charge >= 0.3 is 0 Å². The van der Waals surface area contributed by atoms with Gasteiger partial charge in [-0.1, -0.05) is 30.4 Å². The molecule has 2 heterocycles. The third kappa shape index (κ3) is 6.28. The molecule has 0 fully saturated rings. The first-order chi connectivity index (χ1) is 15.3. The van der Waals surface area contributed by atoms with Crippen molar-refractivity contribution in [2.75, 3.05) is 31.0 Å². The first-order valence-electron chi connectivity index (χ1n) is 10.1. The van der Waals surface area contributed by atoms with Crippen LogP contribution in [0.25, 0.3) is 11.3 Å². The van der Waals surface area contributed by atoms with Gasteiger partial charge in [-0.25, -0.2) is 9.97 Å². The molecule has 7 heteroatoms. The van der Waals surface area contributed by atoms with Gasteiger partial charge in [-0.15, -0.1) is 11.6 Å². The van der Waals surface area contributed by atoms with E-state index in [0.29, 0.717) is 50.6 Å². The van der Waals surface area contributed by atoms with Crippen molar-refractivity contribution in [3.63, 3.8) is 0 Å². The molecule has 0 amide bonds. The molecule has 2 aromatic carbocycles. The van der Waals surface area contributed by atoms with Crippen LogP contribution >= 0.6 is 11.6 Å². The molecule has 3 aromatic rings. The standard InChI is InChI=1S/C24H24ClN3O3/c25-7-11-31-22-14-19-13-21(15-22)27-24-26-8-6-23(28-24)20-5-3-4-18(12-20)16-29-9-1-2-10-30-17-19/h1-6,8,12-15H,7,9-11,16-17H2,(H,26,27,28)/b2-1+. The zero-order chi connectivity index (χ0) is 21.3. The van der Waals surface area contributed by atoms with Crippen molar-refractivity contribution in [2.45, 2.75) is 13.2 Å². The smallest absolute Gasteiger partial charge is 0.227 e. The molecule has 1 N–H and O–H groups in total. The highest BCUT2D eigenvalue weighted by Gasteiger charge is 2.08. The largest absolute Gasteiger partial charge is 0.492 e. The minimum atomic E-state index is 0.417. The molecule has 0 aliphatic carbocycles. The van der Waals surface area contributed by atoms with Crippen molar-refractivity contribution in [1.82, 2.24) is 9.97 Å². The fourth-order valence-electron chi connectivity index (χ4n) is 3.21. The van der Waals surface area contributed by atoms with E-state index in [1.54, 1.807) is 6.20 Å². The number of anilines is 2. The number of rotatable bonds is 3. The molecule has 0 unspecified atom stereocenters. The average molecular weight is 438 g/mol. The monoisotopic (exact) mass is 437 g/mol. The lowest BCUT2D eigenvalue weighted by Crippen LogP contribution is -2.03. The Morgan fingerprint density at radius 1 is 0.968 bits per heavy atom. The van der Waals surface area contributed by atoms with Crippen LogP contribution in [-0.2, 0) is 22.7 Å². The molecule has 4 rings (SSSR count). The third-order valence-electron chi connectivity index (χ3n) is 4.58. The number of hydrogen-bond acceptors (Lipinski definition) is 6. The van der Waals surface area contributed by atoms with Crippen molar-refractivity contribution in [1.29, 1.82) is 0 Å². The summed E-state index contributed by atoms with van der Waals surface area (Å²) >= 11 is 5.78. The molecule has 160 valence electrons. The molecule has 31 heavy (non-hydrogen) atoms. The van der Waals surface area contributed by atoms with Crippen LogP contribution in [0.1, 0.15) is 11.1 Å².